The number of hydrogen-bond donors (Lipinski definition) is 3. The topological polar surface area (TPSA) is 77.5 Å². The molecule has 35 heavy (non-hydrogen) atoms. The first kappa shape index (κ1) is 23.5. The Kier molecular flexibility index (Phi) is 6.86. The quantitative estimate of drug-likeness (QED) is 0.490. The summed E-state index contributed by atoms with van der Waals surface area (Å²) >= 11 is 0. The average Bonchev–Trinajstić information content (AvgIpc) is 3.73. The van der Waals surface area contributed by atoms with E-state index in [0.717, 1.165) is 45.2 Å². The van der Waals surface area contributed by atoms with Gasteiger partial charge < -0.3 is 25.7 Å². The molecule has 3 aliphatic rings. The van der Waals surface area contributed by atoms with Crippen LogP contribution in [0.1, 0.15) is 50.2 Å². The number of anilines is 1. The van der Waals surface area contributed by atoms with Crippen LogP contribution >= 0.6 is 0 Å². The second kappa shape index (κ2) is 10.2. The Morgan fingerprint density at radius 2 is 1.91 bits per heavy atom. The van der Waals surface area contributed by atoms with Crippen molar-refractivity contribution in [3.05, 3.63) is 59.5 Å². The number of nitrogens with zero attached hydrogens (tertiary/aromatic N) is 1. The van der Waals surface area contributed by atoms with E-state index in [1.807, 2.05) is 37.3 Å². The van der Waals surface area contributed by atoms with Gasteiger partial charge in [0.2, 0.25) is 5.91 Å². The third-order valence-electron chi connectivity index (χ3n) is 7.20. The molecule has 1 saturated carbocycles. The first-order valence-electron chi connectivity index (χ1n) is 12.7. The normalized spacial score (nSPS) is 20.8. The third-order valence-corrected chi connectivity index (χ3v) is 7.20. The summed E-state index contributed by atoms with van der Waals surface area (Å²) in [6, 6.07) is 11.1. The number of piperidine rings is 1. The Labute approximate surface area is 206 Å². The number of allylic oxidation sites excluding steroid dienone is 1. The lowest BCUT2D eigenvalue weighted by Crippen LogP contribution is -2.43. The fraction of sp³-hybridized carbons (Fsp3) is 0.429. The summed E-state index contributed by atoms with van der Waals surface area (Å²) in [6.07, 6.45) is 8.10. The molecule has 0 aromatic heterocycles. The van der Waals surface area contributed by atoms with E-state index in [4.69, 9.17) is 10.1 Å². The van der Waals surface area contributed by atoms with Gasteiger partial charge in [-0.3, -0.25) is 4.79 Å². The van der Waals surface area contributed by atoms with Gasteiger partial charge in [-0.15, -0.1) is 0 Å². The van der Waals surface area contributed by atoms with Gasteiger partial charge >= 0.3 is 0 Å². The highest BCUT2D eigenvalue weighted by molar-refractivity contribution is 6.10. The first-order valence-corrected chi connectivity index (χ1v) is 12.7. The third kappa shape index (κ3) is 4.96. The van der Waals surface area contributed by atoms with E-state index in [1.54, 1.807) is 11.1 Å². The highest BCUT2D eigenvalue weighted by atomic mass is 19.1. The summed E-state index contributed by atoms with van der Waals surface area (Å²) in [7, 11) is 0. The molecule has 2 aromatic rings. The minimum absolute atomic E-state index is 0.00570. The van der Waals surface area contributed by atoms with Crippen molar-refractivity contribution in [3.63, 3.8) is 0 Å². The number of amides is 1. The lowest BCUT2D eigenvalue weighted by atomic mass is 9.91. The molecule has 7 heteroatoms. The van der Waals surface area contributed by atoms with Crippen molar-refractivity contribution in [2.24, 2.45) is 5.92 Å². The van der Waals surface area contributed by atoms with E-state index >= 15 is 4.39 Å². The van der Waals surface area contributed by atoms with Crippen LogP contribution in [0.5, 0.6) is 11.5 Å². The number of hydrogen-bond acceptors (Lipinski definition) is 5. The largest absolute Gasteiger partial charge is 0.456 e. The Hall–Kier alpha value is -3.19. The Bertz CT molecular complexity index is 1120. The number of rotatable bonds is 7. The van der Waals surface area contributed by atoms with Crippen LogP contribution in [0, 0.1) is 17.1 Å². The SMILES string of the molecule is CC1CCc2c(Oc3ccccc3)c(/C(C=N)=C/NC3CCNCC3)cc(F)c2N1C(=O)C1CC1. The van der Waals surface area contributed by atoms with Gasteiger partial charge in [-0.2, -0.15) is 0 Å². The van der Waals surface area contributed by atoms with E-state index < -0.39 is 5.82 Å². The number of ether oxygens (including phenoxy) is 1. The van der Waals surface area contributed by atoms with Gasteiger partial charge in [-0.25, -0.2) is 4.39 Å². The number of carbonyl (C=O) groups excluding carboxylic acids is 1. The van der Waals surface area contributed by atoms with Gasteiger partial charge in [-0.05, 0) is 76.7 Å². The van der Waals surface area contributed by atoms with Crippen molar-refractivity contribution >= 4 is 23.4 Å². The summed E-state index contributed by atoms with van der Waals surface area (Å²) in [5.41, 5.74) is 2.11. The molecule has 2 fully saturated rings. The minimum atomic E-state index is -0.439. The fourth-order valence-corrected chi connectivity index (χ4v) is 5.06. The summed E-state index contributed by atoms with van der Waals surface area (Å²) < 4.78 is 22.2. The van der Waals surface area contributed by atoms with Crippen molar-refractivity contribution in [1.82, 2.24) is 10.6 Å². The average molecular weight is 477 g/mol. The first-order chi connectivity index (χ1) is 17.1. The molecule has 1 amide bonds. The smallest absolute Gasteiger partial charge is 0.230 e. The lowest BCUT2D eigenvalue weighted by Gasteiger charge is -2.37. The summed E-state index contributed by atoms with van der Waals surface area (Å²) in [5.74, 6) is 0.718. The Morgan fingerprint density at radius 3 is 2.60 bits per heavy atom. The molecule has 5 rings (SSSR count). The predicted molar refractivity (Wildman–Crippen MR) is 137 cm³/mol. The van der Waals surface area contributed by atoms with Crippen molar-refractivity contribution in [3.8, 4) is 11.5 Å². The van der Waals surface area contributed by atoms with E-state index in [2.05, 4.69) is 10.6 Å². The maximum atomic E-state index is 15.8. The van der Waals surface area contributed by atoms with E-state index in [0.29, 0.717) is 46.3 Å². The van der Waals surface area contributed by atoms with Crippen LogP contribution in [0.15, 0.2) is 42.6 Å². The number of carbonyl (C=O) groups is 1. The van der Waals surface area contributed by atoms with Gasteiger partial charge in [0.25, 0.3) is 0 Å². The summed E-state index contributed by atoms with van der Waals surface area (Å²) in [6.45, 7) is 3.88. The zero-order valence-corrected chi connectivity index (χ0v) is 20.1. The molecule has 2 aliphatic heterocycles. The van der Waals surface area contributed by atoms with Gasteiger partial charge in [0, 0.05) is 47.1 Å². The second-order valence-electron chi connectivity index (χ2n) is 9.78. The molecule has 0 bridgehead atoms. The molecular formula is C28H33FN4O2. The Balaban J connectivity index is 1.60. The van der Waals surface area contributed by atoms with Crippen molar-refractivity contribution < 1.29 is 13.9 Å². The van der Waals surface area contributed by atoms with Crippen LogP contribution in [0.3, 0.4) is 0 Å². The minimum Gasteiger partial charge on any atom is -0.456 e. The molecule has 0 spiro atoms. The molecular weight excluding hydrogens is 443 g/mol. The standard InChI is InChI=1S/C28H33FN4O2/c1-18-7-10-23-26(33(18)28(34)19-8-9-19)25(29)15-24(27(23)35-22-5-3-2-4-6-22)20(16-30)17-32-21-11-13-31-14-12-21/h2-6,15-19,21,30-32H,7-14H2,1H3/b20-17+,30-16?. The molecule has 6 nitrogen and oxygen atoms in total. The highest BCUT2D eigenvalue weighted by Crippen LogP contribution is 2.46. The summed E-state index contributed by atoms with van der Waals surface area (Å²) in [4.78, 5) is 14.8. The van der Waals surface area contributed by atoms with Gasteiger partial charge in [0.15, 0.2) is 0 Å². The zero-order chi connectivity index (χ0) is 24.4. The van der Waals surface area contributed by atoms with Crippen molar-refractivity contribution in [2.75, 3.05) is 18.0 Å². The van der Waals surface area contributed by atoms with E-state index in [9.17, 15) is 4.79 Å². The van der Waals surface area contributed by atoms with Crippen LogP contribution in [0.25, 0.3) is 5.57 Å². The van der Waals surface area contributed by atoms with Crippen molar-refractivity contribution in [1.29, 1.82) is 5.41 Å². The number of fused-ring (bicyclic) bond motifs is 1. The molecule has 184 valence electrons. The number of halogens is 1. The van der Waals surface area contributed by atoms with Gasteiger partial charge in [0.1, 0.15) is 17.3 Å². The second-order valence-corrected chi connectivity index (χ2v) is 9.78. The fourth-order valence-electron chi connectivity index (χ4n) is 5.06. The monoisotopic (exact) mass is 476 g/mol. The molecule has 3 N–H and O–H groups in total. The number of benzene rings is 2. The maximum Gasteiger partial charge on any atom is 0.230 e. The number of para-hydroxylation sites is 1. The molecule has 1 saturated heterocycles. The number of nitrogens with one attached hydrogen (secondary N) is 3. The van der Waals surface area contributed by atoms with Crippen LogP contribution < -0.4 is 20.3 Å². The molecule has 2 aromatic carbocycles. The Morgan fingerprint density at radius 1 is 1.17 bits per heavy atom. The van der Waals surface area contributed by atoms with Gasteiger partial charge in [-0.1, -0.05) is 18.2 Å². The predicted octanol–water partition coefficient (Wildman–Crippen LogP) is 5.03. The van der Waals surface area contributed by atoms with E-state index in [1.165, 1.54) is 12.3 Å². The van der Waals surface area contributed by atoms with Crippen LogP contribution in [-0.4, -0.2) is 37.3 Å². The van der Waals surface area contributed by atoms with Gasteiger partial charge in [0.05, 0.1) is 5.69 Å². The lowest BCUT2D eigenvalue weighted by molar-refractivity contribution is -0.120. The highest BCUT2D eigenvalue weighted by Gasteiger charge is 2.41. The van der Waals surface area contributed by atoms with Crippen molar-refractivity contribution in [2.45, 2.75) is 57.5 Å². The molecule has 1 atom stereocenters. The zero-order valence-electron chi connectivity index (χ0n) is 20.1. The molecule has 1 unspecified atom stereocenters. The molecule has 1 aliphatic carbocycles. The summed E-state index contributed by atoms with van der Waals surface area (Å²) in [5, 5.41) is 14.9. The van der Waals surface area contributed by atoms with Crippen LogP contribution in [-0.2, 0) is 11.2 Å². The van der Waals surface area contributed by atoms with E-state index in [-0.39, 0.29) is 17.9 Å². The molecule has 2 heterocycles. The van der Waals surface area contributed by atoms with Crippen LogP contribution in [0.2, 0.25) is 0 Å². The molecule has 0 radical (unpaired) electrons. The van der Waals surface area contributed by atoms with Crippen LogP contribution in [0.4, 0.5) is 10.1 Å². The maximum absolute atomic E-state index is 15.8.